The van der Waals surface area contributed by atoms with E-state index in [0.717, 1.165) is 17.7 Å². The number of nitrogens with zero attached hydrogens (tertiary/aromatic N) is 5. The van der Waals surface area contributed by atoms with Gasteiger partial charge in [0.15, 0.2) is 0 Å². The molecule has 144 valence electrons. The second kappa shape index (κ2) is 7.35. The van der Waals surface area contributed by atoms with E-state index in [9.17, 15) is 4.79 Å². The van der Waals surface area contributed by atoms with Gasteiger partial charge in [0.05, 0.1) is 12.2 Å². The van der Waals surface area contributed by atoms with Crippen molar-refractivity contribution in [3.05, 3.63) is 90.3 Å². The van der Waals surface area contributed by atoms with Crippen LogP contribution in [-0.2, 0) is 6.54 Å². The lowest BCUT2D eigenvalue weighted by Gasteiger charge is -2.37. The summed E-state index contributed by atoms with van der Waals surface area (Å²) in [7, 11) is 0. The minimum Gasteiger partial charge on any atom is -0.339 e. The van der Waals surface area contributed by atoms with Crippen molar-refractivity contribution >= 4 is 5.91 Å². The third kappa shape index (κ3) is 3.54. The fourth-order valence-electron chi connectivity index (χ4n) is 3.43. The van der Waals surface area contributed by atoms with Crippen molar-refractivity contribution in [2.75, 3.05) is 13.1 Å². The molecule has 7 heteroatoms. The molecule has 7 nitrogen and oxygen atoms in total. The predicted octanol–water partition coefficient (Wildman–Crippen LogP) is 3.22. The summed E-state index contributed by atoms with van der Waals surface area (Å²) in [6.07, 6.45) is 5.45. The smallest absolute Gasteiger partial charge is 0.253 e. The molecule has 5 rings (SSSR count). The highest BCUT2D eigenvalue weighted by molar-refractivity contribution is 5.94. The van der Waals surface area contributed by atoms with Gasteiger partial charge in [0.25, 0.3) is 5.91 Å². The van der Waals surface area contributed by atoms with Gasteiger partial charge in [-0.25, -0.2) is 4.98 Å². The molecule has 0 saturated carbocycles. The van der Waals surface area contributed by atoms with E-state index in [1.165, 1.54) is 0 Å². The zero-order chi connectivity index (χ0) is 19.6. The zero-order valence-corrected chi connectivity index (χ0v) is 15.7. The first kappa shape index (κ1) is 17.4. The molecule has 29 heavy (non-hydrogen) atoms. The number of imidazole rings is 1. The molecule has 0 atom stereocenters. The van der Waals surface area contributed by atoms with Gasteiger partial charge in [-0.15, -0.1) is 0 Å². The Labute approximate surface area is 167 Å². The first-order valence-electron chi connectivity index (χ1n) is 9.49. The molecule has 3 heterocycles. The van der Waals surface area contributed by atoms with E-state index in [2.05, 4.69) is 15.1 Å². The Bertz CT molecular complexity index is 1100. The third-order valence-corrected chi connectivity index (χ3v) is 5.12. The Balaban J connectivity index is 1.20. The third-order valence-electron chi connectivity index (χ3n) is 5.12. The fourth-order valence-corrected chi connectivity index (χ4v) is 3.43. The first-order chi connectivity index (χ1) is 14.3. The molecule has 0 spiro atoms. The van der Waals surface area contributed by atoms with Crippen LogP contribution in [0.25, 0.3) is 11.4 Å². The number of hydrogen-bond donors (Lipinski definition) is 0. The van der Waals surface area contributed by atoms with E-state index in [0.29, 0.717) is 30.4 Å². The number of hydrogen-bond acceptors (Lipinski definition) is 5. The number of benzene rings is 2. The average molecular weight is 385 g/mol. The molecular weight excluding hydrogens is 366 g/mol. The number of amides is 1. The van der Waals surface area contributed by atoms with Crippen molar-refractivity contribution in [3.63, 3.8) is 0 Å². The molecule has 0 bridgehead atoms. The molecular formula is C22H19N5O2. The molecule has 1 amide bonds. The molecule has 4 aromatic rings. The number of carbonyl (C=O) groups excluding carboxylic acids is 1. The lowest BCUT2D eigenvalue weighted by molar-refractivity contribution is 0.0569. The summed E-state index contributed by atoms with van der Waals surface area (Å²) in [5.74, 6) is 1.28. The molecule has 1 fully saturated rings. The van der Waals surface area contributed by atoms with E-state index in [4.69, 9.17) is 4.52 Å². The highest BCUT2D eigenvalue weighted by Crippen LogP contribution is 2.28. The normalized spacial score (nSPS) is 14.0. The predicted molar refractivity (Wildman–Crippen MR) is 106 cm³/mol. The van der Waals surface area contributed by atoms with Gasteiger partial charge in [-0.3, -0.25) is 4.79 Å². The highest BCUT2D eigenvalue weighted by Gasteiger charge is 2.36. The maximum absolute atomic E-state index is 12.7. The van der Waals surface area contributed by atoms with Gasteiger partial charge in [0.2, 0.25) is 11.7 Å². The largest absolute Gasteiger partial charge is 0.339 e. The highest BCUT2D eigenvalue weighted by atomic mass is 16.5. The summed E-state index contributed by atoms with van der Waals surface area (Å²) in [6, 6.07) is 17.4. The fraction of sp³-hybridized carbons (Fsp3) is 0.182. The maximum atomic E-state index is 12.7. The van der Waals surface area contributed by atoms with Crippen molar-refractivity contribution in [2.24, 2.45) is 0 Å². The molecule has 2 aromatic carbocycles. The molecule has 1 aliphatic rings. The van der Waals surface area contributed by atoms with Gasteiger partial charge in [0.1, 0.15) is 0 Å². The van der Waals surface area contributed by atoms with Gasteiger partial charge in [0, 0.05) is 43.2 Å². The van der Waals surface area contributed by atoms with E-state index < -0.39 is 0 Å². The summed E-state index contributed by atoms with van der Waals surface area (Å²) < 4.78 is 7.41. The summed E-state index contributed by atoms with van der Waals surface area (Å²) in [5.41, 5.74) is 2.74. The van der Waals surface area contributed by atoms with Crippen molar-refractivity contribution < 1.29 is 9.32 Å². The lowest BCUT2D eigenvalue weighted by Crippen LogP contribution is -2.48. The second-order valence-electron chi connectivity index (χ2n) is 7.16. The average Bonchev–Trinajstić information content (AvgIpc) is 3.40. The minimum absolute atomic E-state index is 0.0261. The molecule has 0 radical (unpaired) electrons. The van der Waals surface area contributed by atoms with Crippen molar-refractivity contribution in [1.82, 2.24) is 24.6 Å². The van der Waals surface area contributed by atoms with Crippen LogP contribution in [0.1, 0.15) is 27.7 Å². The van der Waals surface area contributed by atoms with E-state index in [1.54, 1.807) is 12.5 Å². The van der Waals surface area contributed by atoms with Crippen LogP contribution in [0.15, 0.2) is 77.8 Å². The quantitative estimate of drug-likeness (QED) is 0.527. The Hall–Kier alpha value is -3.74. The Morgan fingerprint density at radius 2 is 1.86 bits per heavy atom. The Kier molecular flexibility index (Phi) is 4.40. The summed E-state index contributed by atoms with van der Waals surface area (Å²) in [5, 5.41) is 4.06. The summed E-state index contributed by atoms with van der Waals surface area (Å²) in [6.45, 7) is 1.92. The van der Waals surface area contributed by atoms with Gasteiger partial charge < -0.3 is 14.0 Å². The van der Waals surface area contributed by atoms with E-state index in [1.807, 2.05) is 70.3 Å². The van der Waals surface area contributed by atoms with E-state index in [-0.39, 0.29) is 11.8 Å². The Morgan fingerprint density at radius 1 is 1.07 bits per heavy atom. The van der Waals surface area contributed by atoms with Crippen LogP contribution in [0.5, 0.6) is 0 Å². The van der Waals surface area contributed by atoms with Crippen molar-refractivity contribution in [2.45, 2.75) is 12.5 Å². The summed E-state index contributed by atoms with van der Waals surface area (Å²) in [4.78, 5) is 23.0. The standard InChI is InChI=1S/C22H19N5O2/c28-22(18-8-6-16(7-9-18)12-26-11-10-23-15-26)27-13-19(14-27)21-24-20(25-29-21)17-4-2-1-3-5-17/h1-11,15,19H,12-14H2. The molecule has 0 aliphatic carbocycles. The van der Waals surface area contributed by atoms with E-state index >= 15 is 0 Å². The van der Waals surface area contributed by atoms with Gasteiger partial charge >= 0.3 is 0 Å². The molecule has 0 N–H and O–H groups in total. The number of rotatable bonds is 5. The van der Waals surface area contributed by atoms with Gasteiger partial charge in [-0.2, -0.15) is 4.98 Å². The maximum Gasteiger partial charge on any atom is 0.253 e. The minimum atomic E-state index is 0.0261. The molecule has 1 saturated heterocycles. The molecule has 1 aliphatic heterocycles. The van der Waals surface area contributed by atoms with Crippen LogP contribution in [0.3, 0.4) is 0 Å². The number of likely N-dealkylation sites (tertiary alicyclic amines) is 1. The number of aromatic nitrogens is 4. The van der Waals surface area contributed by atoms with Gasteiger partial charge in [-0.1, -0.05) is 47.6 Å². The van der Waals surface area contributed by atoms with Crippen molar-refractivity contribution in [1.29, 1.82) is 0 Å². The molecule has 2 aromatic heterocycles. The Morgan fingerprint density at radius 3 is 2.59 bits per heavy atom. The molecule has 0 unspecified atom stereocenters. The first-order valence-corrected chi connectivity index (χ1v) is 9.49. The topological polar surface area (TPSA) is 77.1 Å². The summed E-state index contributed by atoms with van der Waals surface area (Å²) >= 11 is 0. The second-order valence-corrected chi connectivity index (χ2v) is 7.16. The van der Waals surface area contributed by atoms with Crippen LogP contribution in [0.4, 0.5) is 0 Å². The van der Waals surface area contributed by atoms with Crippen LogP contribution < -0.4 is 0 Å². The lowest BCUT2D eigenvalue weighted by atomic mass is 9.98. The monoisotopic (exact) mass is 385 g/mol. The van der Waals surface area contributed by atoms with Crippen molar-refractivity contribution in [3.8, 4) is 11.4 Å². The van der Waals surface area contributed by atoms with Gasteiger partial charge in [-0.05, 0) is 17.7 Å². The van der Waals surface area contributed by atoms with Crippen LogP contribution in [-0.4, -0.2) is 43.6 Å². The van der Waals surface area contributed by atoms with Crippen LogP contribution >= 0.6 is 0 Å². The SMILES string of the molecule is O=C(c1ccc(Cn2ccnc2)cc1)N1CC(c2nc(-c3ccccc3)no2)C1. The van der Waals surface area contributed by atoms with Crippen LogP contribution in [0, 0.1) is 0 Å². The number of carbonyl (C=O) groups is 1. The van der Waals surface area contributed by atoms with Crippen LogP contribution in [0.2, 0.25) is 0 Å². The zero-order valence-electron chi connectivity index (χ0n) is 15.7.